The van der Waals surface area contributed by atoms with Crippen LogP contribution in [0.15, 0.2) is 36.4 Å². The number of carbonyl (C=O) groups excluding carboxylic acids is 1. The first-order valence-corrected chi connectivity index (χ1v) is 9.22. The zero-order chi connectivity index (χ0) is 17.2. The highest BCUT2D eigenvalue weighted by molar-refractivity contribution is 5.74. The average molecular weight is 329 g/mol. The minimum absolute atomic E-state index is 0.221. The summed E-state index contributed by atoms with van der Waals surface area (Å²) in [4.78, 5) is 19.0. The molecule has 2 amide bonds. The molecule has 132 valence electrons. The van der Waals surface area contributed by atoms with Gasteiger partial charge in [-0.3, -0.25) is 4.90 Å². The highest BCUT2D eigenvalue weighted by Gasteiger charge is 2.23. The predicted molar refractivity (Wildman–Crippen MR) is 101 cm³/mol. The molecule has 1 heterocycles. The lowest BCUT2D eigenvalue weighted by Gasteiger charge is -2.37. The number of amides is 2. The largest absolute Gasteiger partial charge is 0.325 e. The number of nitrogens with zero attached hydrogens (tertiary/aromatic N) is 3. The minimum Gasteiger partial charge on any atom is -0.325 e. The van der Waals surface area contributed by atoms with Crippen LogP contribution in [0.4, 0.5) is 4.79 Å². The van der Waals surface area contributed by atoms with E-state index in [0.29, 0.717) is 0 Å². The van der Waals surface area contributed by atoms with E-state index in [0.717, 1.165) is 58.7 Å². The monoisotopic (exact) mass is 329 g/mol. The summed E-state index contributed by atoms with van der Waals surface area (Å²) in [6, 6.07) is 10.6. The molecule has 1 fully saturated rings. The molecule has 1 aliphatic rings. The van der Waals surface area contributed by atoms with E-state index in [1.807, 2.05) is 15.9 Å². The van der Waals surface area contributed by atoms with Gasteiger partial charge in [-0.25, -0.2) is 4.79 Å². The van der Waals surface area contributed by atoms with Gasteiger partial charge in [0.2, 0.25) is 0 Å². The lowest BCUT2D eigenvalue weighted by atomic mass is 10.2. The van der Waals surface area contributed by atoms with Crippen molar-refractivity contribution >= 4 is 12.1 Å². The maximum absolute atomic E-state index is 12.6. The van der Waals surface area contributed by atoms with Crippen molar-refractivity contribution in [3.63, 3.8) is 0 Å². The summed E-state index contributed by atoms with van der Waals surface area (Å²) in [5.74, 6) is 0. The van der Waals surface area contributed by atoms with Crippen LogP contribution >= 0.6 is 0 Å². The van der Waals surface area contributed by atoms with E-state index in [1.165, 1.54) is 5.56 Å². The van der Waals surface area contributed by atoms with E-state index in [4.69, 9.17) is 0 Å². The van der Waals surface area contributed by atoms with Gasteiger partial charge in [0, 0.05) is 45.8 Å². The smallest absolute Gasteiger partial charge is 0.320 e. The molecule has 0 bridgehead atoms. The minimum atomic E-state index is 0.221. The Labute approximate surface area is 146 Å². The van der Waals surface area contributed by atoms with Crippen LogP contribution in [-0.2, 0) is 0 Å². The van der Waals surface area contributed by atoms with Gasteiger partial charge in [-0.05, 0) is 18.4 Å². The maximum Gasteiger partial charge on any atom is 0.320 e. The SMILES string of the molecule is CCCN(CCC)C(=O)N1CCN(C/C=C/c2ccccc2)CC1. The van der Waals surface area contributed by atoms with Crippen LogP contribution in [0.2, 0.25) is 0 Å². The predicted octanol–water partition coefficient (Wildman–Crippen LogP) is 3.56. The quantitative estimate of drug-likeness (QED) is 0.765. The Kier molecular flexibility index (Phi) is 7.83. The third kappa shape index (κ3) is 5.68. The number of hydrogen-bond acceptors (Lipinski definition) is 2. The van der Waals surface area contributed by atoms with Gasteiger partial charge in [0.1, 0.15) is 0 Å². The molecule has 0 unspecified atom stereocenters. The van der Waals surface area contributed by atoms with Gasteiger partial charge in [-0.15, -0.1) is 0 Å². The second kappa shape index (κ2) is 10.1. The van der Waals surface area contributed by atoms with Crippen molar-refractivity contribution in [2.45, 2.75) is 26.7 Å². The van der Waals surface area contributed by atoms with Crippen LogP contribution in [0.25, 0.3) is 6.08 Å². The summed E-state index contributed by atoms with van der Waals surface area (Å²) >= 11 is 0. The number of urea groups is 1. The summed E-state index contributed by atoms with van der Waals surface area (Å²) in [7, 11) is 0. The van der Waals surface area contributed by atoms with Crippen LogP contribution in [0.1, 0.15) is 32.3 Å². The first-order chi connectivity index (χ1) is 11.7. The third-order valence-electron chi connectivity index (χ3n) is 4.37. The van der Waals surface area contributed by atoms with Crippen molar-refractivity contribution in [1.29, 1.82) is 0 Å². The molecule has 1 aromatic carbocycles. The molecule has 0 radical (unpaired) electrons. The van der Waals surface area contributed by atoms with E-state index >= 15 is 0 Å². The summed E-state index contributed by atoms with van der Waals surface area (Å²) in [6.07, 6.45) is 6.43. The second-order valence-corrected chi connectivity index (χ2v) is 6.37. The van der Waals surface area contributed by atoms with Crippen molar-refractivity contribution in [2.24, 2.45) is 0 Å². The standard InChI is InChI=1S/C20H31N3O/c1-3-12-22(13-4-2)20(24)23-17-15-21(16-18-23)14-8-11-19-9-6-5-7-10-19/h5-11H,3-4,12-18H2,1-2H3/b11-8+. The van der Waals surface area contributed by atoms with Crippen molar-refractivity contribution in [3.05, 3.63) is 42.0 Å². The molecule has 0 N–H and O–H groups in total. The van der Waals surface area contributed by atoms with Crippen molar-refractivity contribution in [3.8, 4) is 0 Å². The summed E-state index contributed by atoms with van der Waals surface area (Å²) < 4.78 is 0. The molecule has 24 heavy (non-hydrogen) atoms. The van der Waals surface area contributed by atoms with Crippen molar-refractivity contribution < 1.29 is 4.79 Å². The molecule has 0 spiro atoms. The van der Waals surface area contributed by atoms with Crippen LogP contribution in [-0.4, -0.2) is 66.5 Å². The Balaban J connectivity index is 1.76. The Morgan fingerprint density at radius 3 is 2.25 bits per heavy atom. The Morgan fingerprint density at radius 2 is 1.67 bits per heavy atom. The van der Waals surface area contributed by atoms with Gasteiger partial charge in [-0.1, -0.05) is 56.3 Å². The lowest BCUT2D eigenvalue weighted by Crippen LogP contribution is -2.53. The number of carbonyl (C=O) groups is 1. The topological polar surface area (TPSA) is 26.8 Å². The van der Waals surface area contributed by atoms with Crippen molar-refractivity contribution in [1.82, 2.24) is 14.7 Å². The van der Waals surface area contributed by atoms with E-state index < -0.39 is 0 Å². The molecule has 0 aliphatic carbocycles. The molecule has 4 heteroatoms. The van der Waals surface area contributed by atoms with Crippen LogP contribution in [0.5, 0.6) is 0 Å². The van der Waals surface area contributed by atoms with Crippen LogP contribution < -0.4 is 0 Å². The Bertz CT molecular complexity index is 501. The Morgan fingerprint density at radius 1 is 1.04 bits per heavy atom. The molecule has 0 saturated carbocycles. The molecule has 1 aromatic rings. The fourth-order valence-corrected chi connectivity index (χ4v) is 3.07. The van der Waals surface area contributed by atoms with Gasteiger partial charge < -0.3 is 9.80 Å². The molecular weight excluding hydrogens is 298 g/mol. The summed E-state index contributed by atoms with van der Waals surface area (Å²) in [5, 5.41) is 0. The first kappa shape index (κ1) is 18.5. The zero-order valence-electron chi connectivity index (χ0n) is 15.2. The molecular formula is C20H31N3O. The van der Waals surface area contributed by atoms with Crippen LogP contribution in [0, 0.1) is 0 Å². The average Bonchev–Trinajstić information content (AvgIpc) is 2.62. The number of hydrogen-bond donors (Lipinski definition) is 0. The summed E-state index contributed by atoms with van der Waals surface area (Å²) in [6.45, 7) is 10.5. The van der Waals surface area contributed by atoms with Crippen molar-refractivity contribution in [2.75, 3.05) is 45.8 Å². The zero-order valence-corrected chi connectivity index (χ0v) is 15.2. The van der Waals surface area contributed by atoms with Gasteiger partial charge in [0.25, 0.3) is 0 Å². The van der Waals surface area contributed by atoms with E-state index in [1.54, 1.807) is 0 Å². The fourth-order valence-electron chi connectivity index (χ4n) is 3.07. The highest BCUT2D eigenvalue weighted by atomic mass is 16.2. The normalized spacial score (nSPS) is 15.8. The third-order valence-corrected chi connectivity index (χ3v) is 4.37. The van der Waals surface area contributed by atoms with Crippen LogP contribution in [0.3, 0.4) is 0 Å². The van der Waals surface area contributed by atoms with Gasteiger partial charge in [0.15, 0.2) is 0 Å². The van der Waals surface area contributed by atoms with E-state index in [-0.39, 0.29) is 6.03 Å². The number of benzene rings is 1. The maximum atomic E-state index is 12.6. The first-order valence-electron chi connectivity index (χ1n) is 9.22. The summed E-state index contributed by atoms with van der Waals surface area (Å²) in [5.41, 5.74) is 1.24. The molecule has 0 aromatic heterocycles. The Hall–Kier alpha value is -1.81. The van der Waals surface area contributed by atoms with Gasteiger partial charge in [0.05, 0.1) is 0 Å². The highest BCUT2D eigenvalue weighted by Crippen LogP contribution is 2.08. The van der Waals surface area contributed by atoms with E-state index in [9.17, 15) is 4.79 Å². The molecule has 1 saturated heterocycles. The molecule has 2 rings (SSSR count). The molecule has 1 aliphatic heterocycles. The lowest BCUT2D eigenvalue weighted by molar-refractivity contribution is 0.117. The molecule has 4 nitrogen and oxygen atoms in total. The molecule has 0 atom stereocenters. The number of rotatable bonds is 7. The number of piperazine rings is 1. The van der Waals surface area contributed by atoms with Gasteiger partial charge in [-0.2, -0.15) is 0 Å². The van der Waals surface area contributed by atoms with Gasteiger partial charge >= 0.3 is 6.03 Å². The fraction of sp³-hybridized carbons (Fsp3) is 0.550. The second-order valence-electron chi connectivity index (χ2n) is 6.37. The van der Waals surface area contributed by atoms with E-state index in [2.05, 4.69) is 55.2 Å².